The number of anilines is 1. The molecule has 0 aliphatic carbocycles. The minimum Gasteiger partial charge on any atom is -0.322 e. The molecule has 0 saturated heterocycles. The Bertz CT molecular complexity index is 1040. The molecule has 0 fully saturated rings. The van der Waals surface area contributed by atoms with Crippen LogP contribution in [0.25, 0.3) is 0 Å². The highest BCUT2D eigenvalue weighted by atomic mass is 79.9. The summed E-state index contributed by atoms with van der Waals surface area (Å²) in [6.45, 7) is 0. The van der Waals surface area contributed by atoms with E-state index >= 15 is 0 Å². The van der Waals surface area contributed by atoms with E-state index in [2.05, 4.69) is 26.0 Å². The van der Waals surface area contributed by atoms with Crippen molar-refractivity contribution in [2.24, 2.45) is 0 Å². The summed E-state index contributed by atoms with van der Waals surface area (Å²) in [7, 11) is -3.91. The molecular weight excluding hydrogens is 455 g/mol. The molecule has 1 unspecified atom stereocenters. The van der Waals surface area contributed by atoms with Gasteiger partial charge in [0.2, 0.25) is 5.91 Å². The van der Waals surface area contributed by atoms with Crippen molar-refractivity contribution in [3.05, 3.63) is 81.9 Å². The maximum atomic E-state index is 14.1. The average Bonchev–Trinajstić information content (AvgIpc) is 3.18. The number of rotatable bonds is 6. The Hall–Kier alpha value is -2.07. The molecule has 0 aliphatic rings. The van der Waals surface area contributed by atoms with E-state index in [1.54, 1.807) is 47.8 Å². The maximum Gasteiger partial charge on any atom is 0.251 e. The Balaban J connectivity index is 1.91. The van der Waals surface area contributed by atoms with Crippen molar-refractivity contribution in [3.63, 3.8) is 0 Å². The first-order valence-electron chi connectivity index (χ1n) is 7.73. The molecule has 9 heteroatoms. The zero-order valence-corrected chi connectivity index (χ0v) is 16.9. The van der Waals surface area contributed by atoms with Crippen molar-refractivity contribution in [1.29, 1.82) is 0 Å². The normalized spacial score (nSPS) is 12.5. The largest absolute Gasteiger partial charge is 0.322 e. The van der Waals surface area contributed by atoms with Crippen LogP contribution in [-0.2, 0) is 14.8 Å². The molecule has 0 radical (unpaired) electrons. The number of sulfonamides is 1. The fourth-order valence-corrected chi connectivity index (χ4v) is 4.87. The van der Waals surface area contributed by atoms with Gasteiger partial charge in [0.1, 0.15) is 16.1 Å². The molecule has 27 heavy (non-hydrogen) atoms. The number of nitrogens with one attached hydrogen (secondary N) is 2. The van der Waals surface area contributed by atoms with Crippen LogP contribution in [0.15, 0.2) is 74.7 Å². The third-order valence-electron chi connectivity index (χ3n) is 3.62. The van der Waals surface area contributed by atoms with Gasteiger partial charge >= 0.3 is 0 Å². The quantitative estimate of drug-likeness (QED) is 0.565. The van der Waals surface area contributed by atoms with E-state index < -0.39 is 27.8 Å². The van der Waals surface area contributed by atoms with E-state index in [1.807, 2.05) is 0 Å². The molecule has 1 aromatic heterocycles. The van der Waals surface area contributed by atoms with Crippen LogP contribution in [0, 0.1) is 5.82 Å². The van der Waals surface area contributed by atoms with Gasteiger partial charge in [-0.2, -0.15) is 4.72 Å². The summed E-state index contributed by atoms with van der Waals surface area (Å²) in [4.78, 5) is 12.8. The summed E-state index contributed by atoms with van der Waals surface area (Å²) in [5.74, 6) is -1.33. The first-order valence-corrected chi connectivity index (χ1v) is 10.9. The Morgan fingerprint density at radius 3 is 2.44 bits per heavy atom. The molecule has 1 amide bonds. The first-order chi connectivity index (χ1) is 12.9. The molecule has 2 aromatic carbocycles. The molecule has 0 spiro atoms. The van der Waals surface area contributed by atoms with Crippen molar-refractivity contribution in [2.45, 2.75) is 10.3 Å². The molecular formula is C18H14BrFN2O3S2. The van der Waals surface area contributed by atoms with Gasteiger partial charge in [0.15, 0.2) is 0 Å². The summed E-state index contributed by atoms with van der Waals surface area (Å²) in [5.41, 5.74) is 0.395. The topological polar surface area (TPSA) is 75.3 Å². The van der Waals surface area contributed by atoms with Crippen LogP contribution in [0.3, 0.4) is 0 Å². The highest BCUT2D eigenvalue weighted by Gasteiger charge is 2.28. The maximum absolute atomic E-state index is 14.1. The fourth-order valence-electron chi connectivity index (χ4n) is 2.34. The SMILES string of the molecule is O=C(Nc1ccc(Br)cc1F)C(NS(=O)(=O)c1cccs1)c1ccccc1. The van der Waals surface area contributed by atoms with Crippen LogP contribution in [0.1, 0.15) is 11.6 Å². The van der Waals surface area contributed by atoms with E-state index in [-0.39, 0.29) is 9.90 Å². The molecule has 1 atom stereocenters. The summed E-state index contributed by atoms with van der Waals surface area (Å²) in [6, 6.07) is 14.4. The average molecular weight is 469 g/mol. The molecule has 0 saturated carbocycles. The number of halogens is 2. The van der Waals surface area contributed by atoms with Crippen molar-refractivity contribution >= 4 is 48.9 Å². The minimum absolute atomic E-state index is 0.0422. The lowest BCUT2D eigenvalue weighted by Crippen LogP contribution is -2.36. The van der Waals surface area contributed by atoms with Gasteiger partial charge in [-0.15, -0.1) is 11.3 Å². The third kappa shape index (κ3) is 4.81. The molecule has 3 rings (SSSR count). The molecule has 140 valence electrons. The molecule has 5 nitrogen and oxygen atoms in total. The summed E-state index contributed by atoms with van der Waals surface area (Å²) >= 11 is 4.19. The predicted octanol–water partition coefficient (Wildman–Crippen LogP) is 4.31. The molecule has 0 aliphatic heterocycles. The number of carbonyl (C=O) groups excluding carboxylic acids is 1. The second-order valence-corrected chi connectivity index (χ2v) is 9.31. The molecule has 3 aromatic rings. The van der Waals surface area contributed by atoms with E-state index in [9.17, 15) is 17.6 Å². The van der Waals surface area contributed by atoms with Gasteiger partial charge in [0, 0.05) is 4.47 Å². The van der Waals surface area contributed by atoms with Crippen LogP contribution in [0.5, 0.6) is 0 Å². The standard InChI is InChI=1S/C18H14BrFN2O3S2/c19-13-8-9-15(14(20)11-13)21-18(23)17(12-5-2-1-3-6-12)22-27(24,25)16-7-4-10-26-16/h1-11,17,22H,(H,21,23). The van der Waals surface area contributed by atoms with Crippen molar-refractivity contribution in [1.82, 2.24) is 4.72 Å². The Kier molecular flexibility index (Phi) is 6.05. The zero-order valence-electron chi connectivity index (χ0n) is 13.7. The number of benzene rings is 2. The van der Waals surface area contributed by atoms with Gasteiger partial charge in [-0.05, 0) is 35.2 Å². The zero-order chi connectivity index (χ0) is 19.4. The highest BCUT2D eigenvalue weighted by molar-refractivity contribution is 9.10. The van der Waals surface area contributed by atoms with Crippen molar-refractivity contribution in [2.75, 3.05) is 5.32 Å². The Labute approximate surface area is 168 Å². The van der Waals surface area contributed by atoms with Gasteiger partial charge in [-0.25, -0.2) is 12.8 Å². The highest BCUT2D eigenvalue weighted by Crippen LogP contribution is 2.24. The van der Waals surface area contributed by atoms with Gasteiger partial charge in [0.05, 0.1) is 5.69 Å². The fraction of sp³-hybridized carbons (Fsp3) is 0.0556. The van der Waals surface area contributed by atoms with Crippen LogP contribution in [-0.4, -0.2) is 14.3 Å². The minimum atomic E-state index is -3.91. The Morgan fingerprint density at radius 1 is 1.07 bits per heavy atom. The molecule has 2 N–H and O–H groups in total. The van der Waals surface area contributed by atoms with Gasteiger partial charge in [0.25, 0.3) is 10.0 Å². The number of carbonyl (C=O) groups is 1. The first kappa shape index (κ1) is 19.7. The van der Waals surface area contributed by atoms with Crippen LogP contribution in [0.2, 0.25) is 0 Å². The monoisotopic (exact) mass is 468 g/mol. The van der Waals surface area contributed by atoms with Crippen LogP contribution < -0.4 is 10.0 Å². The second-order valence-electron chi connectivity index (χ2n) is 5.51. The number of hydrogen-bond donors (Lipinski definition) is 2. The number of hydrogen-bond acceptors (Lipinski definition) is 4. The summed E-state index contributed by atoms with van der Waals surface area (Å²) < 4.78 is 42.2. The lowest BCUT2D eigenvalue weighted by molar-refractivity contribution is -0.117. The summed E-state index contributed by atoms with van der Waals surface area (Å²) in [5, 5.41) is 4.07. The van der Waals surface area contributed by atoms with Crippen LogP contribution >= 0.6 is 27.3 Å². The smallest absolute Gasteiger partial charge is 0.251 e. The van der Waals surface area contributed by atoms with Gasteiger partial charge in [-0.3, -0.25) is 4.79 Å². The van der Waals surface area contributed by atoms with Crippen molar-refractivity contribution < 1.29 is 17.6 Å². The van der Waals surface area contributed by atoms with E-state index in [0.29, 0.717) is 10.0 Å². The lowest BCUT2D eigenvalue weighted by atomic mass is 10.1. The molecule has 1 heterocycles. The van der Waals surface area contributed by atoms with E-state index in [1.165, 1.54) is 18.2 Å². The number of amides is 1. The molecule has 0 bridgehead atoms. The van der Waals surface area contributed by atoms with Gasteiger partial charge < -0.3 is 5.32 Å². The van der Waals surface area contributed by atoms with Crippen LogP contribution in [0.4, 0.5) is 10.1 Å². The predicted molar refractivity (Wildman–Crippen MR) is 107 cm³/mol. The lowest BCUT2D eigenvalue weighted by Gasteiger charge is -2.19. The summed E-state index contributed by atoms with van der Waals surface area (Å²) in [6.07, 6.45) is 0. The van der Waals surface area contributed by atoms with Crippen molar-refractivity contribution in [3.8, 4) is 0 Å². The second kappa shape index (κ2) is 8.30. The van der Waals surface area contributed by atoms with Gasteiger partial charge in [-0.1, -0.05) is 52.3 Å². The Morgan fingerprint density at radius 2 is 1.81 bits per heavy atom. The van der Waals surface area contributed by atoms with E-state index in [0.717, 1.165) is 11.3 Å². The third-order valence-corrected chi connectivity index (χ3v) is 6.93. The van der Waals surface area contributed by atoms with E-state index in [4.69, 9.17) is 0 Å². The number of thiophene rings is 1.